The fourth-order valence-corrected chi connectivity index (χ4v) is 7.00. The van der Waals surface area contributed by atoms with E-state index in [-0.39, 0.29) is 10.8 Å². The van der Waals surface area contributed by atoms with Gasteiger partial charge in [-0.25, -0.2) is 0 Å². The Morgan fingerprint density at radius 1 is 0.604 bits per heavy atom. The number of hydrogen-bond donors (Lipinski definition) is 0. The van der Waals surface area contributed by atoms with E-state index in [1.165, 1.54) is 70.2 Å². The number of nitrogens with zero attached hydrogens (tertiary/aromatic N) is 3. The van der Waals surface area contributed by atoms with Crippen LogP contribution in [0.3, 0.4) is 0 Å². The van der Waals surface area contributed by atoms with Crippen LogP contribution in [-0.2, 0) is 10.8 Å². The Kier molecular flexibility index (Phi) is 10.8. The lowest BCUT2D eigenvalue weighted by atomic mass is 9.82. The van der Waals surface area contributed by atoms with Crippen molar-refractivity contribution in [2.75, 3.05) is 0 Å². The Balaban J connectivity index is 1.76. The molecule has 5 rings (SSSR count). The third-order valence-electron chi connectivity index (χ3n) is 9.86. The molecule has 0 aliphatic rings. The first-order chi connectivity index (χ1) is 22.8. The van der Waals surface area contributed by atoms with E-state index in [4.69, 9.17) is 10.2 Å². The Morgan fingerprint density at radius 2 is 1.19 bits per heavy atom. The van der Waals surface area contributed by atoms with Crippen molar-refractivity contribution >= 4 is 0 Å². The molecule has 0 atom stereocenters. The Hall–Kier alpha value is -3.98. The third kappa shape index (κ3) is 7.67. The number of benzene rings is 4. The van der Waals surface area contributed by atoms with Crippen molar-refractivity contribution in [1.82, 2.24) is 14.8 Å². The van der Waals surface area contributed by atoms with E-state index >= 15 is 0 Å². The summed E-state index contributed by atoms with van der Waals surface area (Å²) in [6.45, 7) is 22.8. The minimum absolute atomic E-state index is 0.0261. The van der Waals surface area contributed by atoms with Gasteiger partial charge in [-0.15, -0.1) is 10.2 Å². The van der Waals surface area contributed by atoms with E-state index in [1.54, 1.807) is 0 Å². The van der Waals surface area contributed by atoms with Crippen LogP contribution in [0.5, 0.6) is 0 Å². The summed E-state index contributed by atoms with van der Waals surface area (Å²) >= 11 is 0. The molecule has 0 spiro atoms. The van der Waals surface area contributed by atoms with Crippen molar-refractivity contribution in [3.8, 4) is 39.3 Å². The summed E-state index contributed by atoms with van der Waals surface area (Å²) in [4.78, 5) is 0. The van der Waals surface area contributed by atoms with E-state index in [1.807, 2.05) is 0 Å². The van der Waals surface area contributed by atoms with Crippen molar-refractivity contribution in [2.24, 2.45) is 0 Å². The Labute approximate surface area is 290 Å². The molecule has 0 aliphatic heterocycles. The molecule has 48 heavy (non-hydrogen) atoms. The zero-order valence-corrected chi connectivity index (χ0v) is 31.2. The van der Waals surface area contributed by atoms with Crippen LogP contribution in [0.15, 0.2) is 84.9 Å². The van der Waals surface area contributed by atoms with Gasteiger partial charge in [0.1, 0.15) is 5.82 Å². The fraction of sp³-hybridized carbons (Fsp3) is 0.422. The van der Waals surface area contributed by atoms with Gasteiger partial charge in [0.25, 0.3) is 0 Å². The molecule has 0 aliphatic carbocycles. The molecule has 1 aromatic heterocycles. The van der Waals surface area contributed by atoms with Gasteiger partial charge in [0, 0.05) is 17.0 Å². The van der Waals surface area contributed by atoms with Crippen LogP contribution in [0.25, 0.3) is 39.3 Å². The SMILES string of the molecule is CCCCC(CCCC)c1nnc(-c2cccc(-c3c(C)cc(C(C)(C)C)cc3C)c2)n1-c1ccc(C(C)(C)C)cc1-c1ccccc1. The van der Waals surface area contributed by atoms with Gasteiger partial charge in [-0.1, -0.05) is 148 Å². The molecule has 252 valence electrons. The summed E-state index contributed by atoms with van der Waals surface area (Å²) in [7, 11) is 0. The number of aromatic nitrogens is 3. The molecule has 0 saturated carbocycles. The molecule has 4 aromatic carbocycles. The van der Waals surface area contributed by atoms with Gasteiger partial charge in [-0.2, -0.15) is 0 Å². The quantitative estimate of drug-likeness (QED) is 0.144. The average Bonchev–Trinajstić information content (AvgIpc) is 3.49. The number of aryl methyl sites for hydroxylation is 2. The number of rotatable bonds is 11. The van der Waals surface area contributed by atoms with E-state index in [9.17, 15) is 0 Å². The molecule has 1 heterocycles. The molecule has 3 heteroatoms. The standard InChI is InChI=1S/C45H57N3/c1-11-13-19-34(20-14-12-2)42-46-47-43(36-24-18-23-35(29-36)41-31(3)27-38(28-32(41)4)45(8,9)10)48(42)40-26-25-37(44(5,6)7)30-39(40)33-21-16-15-17-22-33/h15-18,21-30,34H,11-14,19-20H2,1-10H3. The molecular weight excluding hydrogens is 583 g/mol. The van der Waals surface area contributed by atoms with Crippen molar-refractivity contribution < 1.29 is 0 Å². The van der Waals surface area contributed by atoms with Crippen LogP contribution in [-0.4, -0.2) is 14.8 Å². The van der Waals surface area contributed by atoms with Gasteiger partial charge in [-0.05, 0) is 94.7 Å². The minimum Gasteiger partial charge on any atom is -0.278 e. The highest BCUT2D eigenvalue weighted by Crippen LogP contribution is 2.40. The van der Waals surface area contributed by atoms with Crippen molar-refractivity contribution in [3.05, 3.63) is 113 Å². The molecule has 0 saturated heterocycles. The Morgan fingerprint density at radius 3 is 1.77 bits per heavy atom. The first-order valence-corrected chi connectivity index (χ1v) is 18.2. The highest BCUT2D eigenvalue weighted by Gasteiger charge is 2.26. The zero-order chi connectivity index (χ0) is 34.6. The lowest BCUT2D eigenvalue weighted by Gasteiger charge is -2.24. The van der Waals surface area contributed by atoms with Gasteiger partial charge in [-0.3, -0.25) is 4.57 Å². The smallest absolute Gasteiger partial charge is 0.168 e. The van der Waals surface area contributed by atoms with Crippen LogP contribution in [0.1, 0.15) is 128 Å². The largest absolute Gasteiger partial charge is 0.278 e. The summed E-state index contributed by atoms with van der Waals surface area (Å²) in [5.74, 6) is 2.33. The van der Waals surface area contributed by atoms with E-state index in [0.29, 0.717) is 5.92 Å². The van der Waals surface area contributed by atoms with Gasteiger partial charge >= 0.3 is 0 Å². The van der Waals surface area contributed by atoms with Crippen molar-refractivity contribution in [3.63, 3.8) is 0 Å². The van der Waals surface area contributed by atoms with Gasteiger partial charge in [0.05, 0.1) is 5.69 Å². The maximum atomic E-state index is 5.07. The van der Waals surface area contributed by atoms with E-state index in [2.05, 4.69) is 159 Å². The predicted molar refractivity (Wildman–Crippen MR) is 206 cm³/mol. The van der Waals surface area contributed by atoms with Crippen LogP contribution < -0.4 is 0 Å². The predicted octanol–water partition coefficient (Wildman–Crippen LogP) is 12.9. The summed E-state index contributed by atoms with van der Waals surface area (Å²) in [6, 6.07) is 31.6. The first kappa shape index (κ1) is 35.3. The van der Waals surface area contributed by atoms with Gasteiger partial charge < -0.3 is 0 Å². The molecule has 5 aromatic rings. The second-order valence-electron chi connectivity index (χ2n) is 15.9. The number of unbranched alkanes of at least 4 members (excludes halogenated alkanes) is 2. The van der Waals surface area contributed by atoms with Crippen molar-refractivity contribution in [2.45, 2.75) is 125 Å². The lowest BCUT2D eigenvalue weighted by molar-refractivity contribution is 0.497. The molecule has 0 unspecified atom stereocenters. The third-order valence-corrected chi connectivity index (χ3v) is 9.86. The Bertz CT molecular complexity index is 1800. The number of hydrogen-bond acceptors (Lipinski definition) is 2. The highest BCUT2D eigenvalue weighted by atomic mass is 15.3. The molecule has 3 nitrogen and oxygen atoms in total. The van der Waals surface area contributed by atoms with Gasteiger partial charge in [0.2, 0.25) is 0 Å². The summed E-state index contributed by atoms with van der Waals surface area (Å²) in [5, 5.41) is 10.1. The second-order valence-corrected chi connectivity index (χ2v) is 15.9. The highest BCUT2D eigenvalue weighted by molar-refractivity contribution is 5.79. The fourth-order valence-electron chi connectivity index (χ4n) is 7.00. The van der Waals surface area contributed by atoms with Crippen LogP contribution >= 0.6 is 0 Å². The maximum Gasteiger partial charge on any atom is 0.168 e. The monoisotopic (exact) mass is 639 g/mol. The lowest BCUT2D eigenvalue weighted by Crippen LogP contribution is -2.14. The second kappa shape index (κ2) is 14.6. The normalized spacial score (nSPS) is 12.2. The molecule has 0 radical (unpaired) electrons. The van der Waals surface area contributed by atoms with Crippen LogP contribution in [0.2, 0.25) is 0 Å². The molecular formula is C45H57N3. The molecule has 0 N–H and O–H groups in total. The summed E-state index contributed by atoms with van der Waals surface area (Å²) < 4.78 is 2.41. The van der Waals surface area contributed by atoms with E-state index in [0.717, 1.165) is 35.7 Å². The van der Waals surface area contributed by atoms with Crippen LogP contribution in [0, 0.1) is 13.8 Å². The zero-order valence-electron chi connectivity index (χ0n) is 31.2. The average molecular weight is 640 g/mol. The van der Waals surface area contributed by atoms with Crippen molar-refractivity contribution in [1.29, 1.82) is 0 Å². The maximum absolute atomic E-state index is 5.07. The topological polar surface area (TPSA) is 30.7 Å². The minimum atomic E-state index is 0.0261. The summed E-state index contributed by atoms with van der Waals surface area (Å²) in [6.07, 6.45) is 6.96. The molecule has 0 amide bonds. The first-order valence-electron chi connectivity index (χ1n) is 18.2. The molecule has 0 bridgehead atoms. The molecule has 0 fully saturated rings. The summed E-state index contributed by atoms with van der Waals surface area (Å²) in [5.41, 5.74) is 12.6. The van der Waals surface area contributed by atoms with Gasteiger partial charge in [0.15, 0.2) is 5.82 Å². The van der Waals surface area contributed by atoms with E-state index < -0.39 is 0 Å². The van der Waals surface area contributed by atoms with Crippen LogP contribution in [0.4, 0.5) is 0 Å².